The summed E-state index contributed by atoms with van der Waals surface area (Å²) in [6, 6.07) is 0. The van der Waals surface area contributed by atoms with E-state index in [0.717, 1.165) is 4.90 Å². The van der Waals surface area contributed by atoms with Gasteiger partial charge in [-0.15, -0.1) is 0 Å². The fourth-order valence-corrected chi connectivity index (χ4v) is 1.03. The van der Waals surface area contributed by atoms with Crippen molar-refractivity contribution in [1.82, 2.24) is 4.90 Å². The number of hydrogen-bond acceptors (Lipinski definition) is 4. The van der Waals surface area contributed by atoms with Gasteiger partial charge < -0.3 is 15.9 Å². The highest BCUT2D eigenvalue weighted by Gasteiger charge is 2.30. The molecule has 0 aliphatic rings. The Morgan fingerprint density at radius 1 is 1.36 bits per heavy atom. The van der Waals surface area contributed by atoms with E-state index < -0.39 is 25.4 Å². The normalized spacial score (nSPS) is 14.8. The van der Waals surface area contributed by atoms with Gasteiger partial charge in [0.25, 0.3) is 0 Å². The first kappa shape index (κ1) is 13.6. The Kier molecular flexibility index (Phi) is 6.01. The van der Waals surface area contributed by atoms with Gasteiger partial charge in [0.05, 0.1) is 19.3 Å². The lowest BCUT2D eigenvalue weighted by Gasteiger charge is -2.24. The van der Waals surface area contributed by atoms with Gasteiger partial charge in [0, 0.05) is 19.6 Å². The Hall–Kier alpha value is -0.370. The minimum Gasteiger partial charge on any atom is -0.394 e. The first-order valence-electron chi connectivity index (χ1n) is 4.17. The maximum Gasteiger partial charge on any atom is 0.401 e. The van der Waals surface area contributed by atoms with E-state index >= 15 is 0 Å². The van der Waals surface area contributed by atoms with Gasteiger partial charge in [0.15, 0.2) is 0 Å². The highest BCUT2D eigenvalue weighted by atomic mass is 19.4. The fourth-order valence-electron chi connectivity index (χ4n) is 1.03. The van der Waals surface area contributed by atoms with Crippen LogP contribution in [0.15, 0.2) is 0 Å². The highest BCUT2D eigenvalue weighted by molar-refractivity contribution is 4.67. The van der Waals surface area contributed by atoms with Crippen molar-refractivity contribution in [3.05, 3.63) is 0 Å². The summed E-state index contributed by atoms with van der Waals surface area (Å²) in [4.78, 5) is 0.959. The summed E-state index contributed by atoms with van der Waals surface area (Å²) in [5.74, 6) is 0. The zero-order valence-electron chi connectivity index (χ0n) is 7.67. The second-order valence-corrected chi connectivity index (χ2v) is 2.98. The first-order valence-corrected chi connectivity index (χ1v) is 4.17. The third-order valence-corrected chi connectivity index (χ3v) is 1.53. The molecule has 0 aromatic heterocycles. The van der Waals surface area contributed by atoms with Crippen LogP contribution < -0.4 is 5.73 Å². The van der Waals surface area contributed by atoms with E-state index in [1.54, 1.807) is 0 Å². The third kappa shape index (κ3) is 7.07. The van der Waals surface area contributed by atoms with Crippen molar-refractivity contribution in [2.24, 2.45) is 5.73 Å². The van der Waals surface area contributed by atoms with Crippen LogP contribution in [0.25, 0.3) is 0 Å². The van der Waals surface area contributed by atoms with Crippen LogP contribution in [0.2, 0.25) is 0 Å². The number of rotatable bonds is 6. The van der Waals surface area contributed by atoms with Crippen molar-refractivity contribution in [2.75, 3.05) is 32.8 Å². The number of aliphatic hydroxyl groups is 2. The lowest BCUT2D eigenvalue weighted by molar-refractivity contribution is -0.148. The minimum atomic E-state index is -4.32. The highest BCUT2D eigenvalue weighted by Crippen LogP contribution is 2.16. The van der Waals surface area contributed by atoms with Crippen molar-refractivity contribution in [1.29, 1.82) is 0 Å². The molecule has 14 heavy (non-hydrogen) atoms. The molecular formula is C7H15F3N2O2. The van der Waals surface area contributed by atoms with Crippen LogP contribution in [-0.4, -0.2) is 60.2 Å². The first-order chi connectivity index (χ1) is 6.39. The van der Waals surface area contributed by atoms with E-state index in [0.29, 0.717) is 0 Å². The lowest BCUT2D eigenvalue weighted by atomic mass is 10.3. The molecule has 7 heteroatoms. The maximum atomic E-state index is 12.0. The topological polar surface area (TPSA) is 69.7 Å². The van der Waals surface area contributed by atoms with Crippen LogP contribution in [0.1, 0.15) is 0 Å². The number of aliphatic hydroxyl groups excluding tert-OH is 2. The van der Waals surface area contributed by atoms with Gasteiger partial charge >= 0.3 is 6.18 Å². The zero-order valence-corrected chi connectivity index (χ0v) is 7.67. The number of alkyl halides is 3. The molecule has 0 fully saturated rings. The van der Waals surface area contributed by atoms with Crippen molar-refractivity contribution >= 4 is 0 Å². The summed E-state index contributed by atoms with van der Waals surface area (Å²) in [6.07, 6.45) is -5.48. The monoisotopic (exact) mass is 216 g/mol. The summed E-state index contributed by atoms with van der Waals surface area (Å²) >= 11 is 0. The molecule has 1 unspecified atom stereocenters. The van der Waals surface area contributed by atoms with Crippen LogP contribution in [0.5, 0.6) is 0 Å². The molecule has 0 amide bonds. The van der Waals surface area contributed by atoms with E-state index in [1.165, 1.54) is 0 Å². The number of hydrogen-bond donors (Lipinski definition) is 3. The van der Waals surface area contributed by atoms with E-state index in [2.05, 4.69) is 0 Å². The Bertz CT molecular complexity index is 154. The smallest absolute Gasteiger partial charge is 0.394 e. The van der Waals surface area contributed by atoms with Crippen molar-refractivity contribution in [3.8, 4) is 0 Å². The lowest BCUT2D eigenvalue weighted by Crippen LogP contribution is -2.42. The molecule has 0 radical (unpaired) electrons. The Labute approximate surface area is 80.1 Å². The third-order valence-electron chi connectivity index (χ3n) is 1.53. The predicted molar refractivity (Wildman–Crippen MR) is 44.6 cm³/mol. The van der Waals surface area contributed by atoms with E-state index in [4.69, 9.17) is 15.9 Å². The van der Waals surface area contributed by atoms with Gasteiger partial charge in [-0.25, -0.2) is 0 Å². The summed E-state index contributed by atoms with van der Waals surface area (Å²) in [5.41, 5.74) is 5.11. The maximum absolute atomic E-state index is 12.0. The molecule has 0 rings (SSSR count). The Morgan fingerprint density at radius 3 is 2.29 bits per heavy atom. The molecule has 0 saturated carbocycles. The Balaban J connectivity index is 4.01. The standard InChI is InChI=1S/C7H15F3N2O2/c8-7(9,10)5-12(2-1-11)3-6(14)4-13/h6,13-14H,1-5,11H2. The molecule has 0 saturated heterocycles. The van der Waals surface area contributed by atoms with Crippen molar-refractivity contribution in [3.63, 3.8) is 0 Å². The molecule has 0 spiro atoms. The zero-order chi connectivity index (χ0) is 11.2. The summed E-state index contributed by atoms with van der Waals surface area (Å²) in [6.45, 7) is -1.79. The minimum absolute atomic E-state index is 0.0383. The number of halogens is 3. The van der Waals surface area contributed by atoms with Gasteiger partial charge in [-0.1, -0.05) is 0 Å². The van der Waals surface area contributed by atoms with Crippen LogP contribution in [0.4, 0.5) is 13.2 Å². The van der Waals surface area contributed by atoms with Crippen molar-refractivity contribution in [2.45, 2.75) is 12.3 Å². The molecule has 4 nitrogen and oxygen atoms in total. The molecule has 0 aliphatic heterocycles. The fraction of sp³-hybridized carbons (Fsp3) is 1.00. The summed E-state index contributed by atoms with van der Waals surface area (Å²) in [5, 5.41) is 17.4. The van der Waals surface area contributed by atoms with E-state index in [-0.39, 0.29) is 19.6 Å². The van der Waals surface area contributed by atoms with E-state index in [9.17, 15) is 13.2 Å². The summed E-state index contributed by atoms with van der Waals surface area (Å²) < 4.78 is 35.9. The molecule has 4 N–H and O–H groups in total. The van der Waals surface area contributed by atoms with Gasteiger partial charge in [0.1, 0.15) is 0 Å². The van der Waals surface area contributed by atoms with Crippen LogP contribution in [0, 0.1) is 0 Å². The van der Waals surface area contributed by atoms with E-state index in [1.807, 2.05) is 0 Å². The molecular weight excluding hydrogens is 201 g/mol. The largest absolute Gasteiger partial charge is 0.401 e. The van der Waals surface area contributed by atoms with Gasteiger partial charge in [0.2, 0.25) is 0 Å². The molecule has 0 aromatic carbocycles. The number of nitrogens with zero attached hydrogens (tertiary/aromatic N) is 1. The molecule has 86 valence electrons. The SMILES string of the molecule is NCCN(CC(O)CO)CC(F)(F)F. The molecule has 1 atom stereocenters. The second-order valence-electron chi connectivity index (χ2n) is 2.98. The molecule has 0 aliphatic carbocycles. The second kappa shape index (κ2) is 6.18. The average molecular weight is 216 g/mol. The Morgan fingerprint density at radius 2 is 1.93 bits per heavy atom. The number of nitrogens with two attached hydrogens (primary N) is 1. The van der Waals surface area contributed by atoms with Gasteiger partial charge in [-0.05, 0) is 0 Å². The average Bonchev–Trinajstić information content (AvgIpc) is 2.01. The quantitative estimate of drug-likeness (QED) is 0.541. The summed E-state index contributed by atoms with van der Waals surface area (Å²) in [7, 11) is 0. The van der Waals surface area contributed by atoms with Crippen LogP contribution in [-0.2, 0) is 0 Å². The van der Waals surface area contributed by atoms with Gasteiger partial charge in [-0.2, -0.15) is 13.2 Å². The predicted octanol–water partition coefficient (Wildman–Crippen LogP) is -0.837. The molecule has 0 heterocycles. The van der Waals surface area contributed by atoms with Crippen LogP contribution >= 0.6 is 0 Å². The molecule has 0 bridgehead atoms. The van der Waals surface area contributed by atoms with Crippen molar-refractivity contribution < 1.29 is 23.4 Å². The van der Waals surface area contributed by atoms with Gasteiger partial charge in [-0.3, -0.25) is 4.90 Å². The van der Waals surface area contributed by atoms with Crippen LogP contribution in [0.3, 0.4) is 0 Å². The molecule has 0 aromatic rings.